The number of nitrogens with zero attached hydrogens (tertiary/aromatic N) is 4. The fourth-order valence-corrected chi connectivity index (χ4v) is 9.02. The van der Waals surface area contributed by atoms with Crippen LogP contribution in [0, 0.1) is 17.8 Å². The third kappa shape index (κ3) is 26.0. The van der Waals surface area contributed by atoms with Crippen molar-refractivity contribution < 1.29 is 80.9 Å². The van der Waals surface area contributed by atoms with Gasteiger partial charge in [-0.05, 0) is 30.6 Å². The number of hydrogen-bond donors (Lipinski definition) is 2. The molecule has 0 aromatic heterocycles. The van der Waals surface area contributed by atoms with E-state index >= 15 is 0 Å². The number of amides is 7. The number of rotatable bonds is 45. The Morgan fingerprint density at radius 3 is 1.57 bits per heavy atom. The largest absolute Gasteiger partial charge is 0.379 e. The van der Waals surface area contributed by atoms with Gasteiger partial charge in [-0.15, -0.1) is 0 Å². The molecule has 0 aliphatic carbocycles. The zero-order valence-corrected chi connectivity index (χ0v) is 47.4. The zero-order valence-electron chi connectivity index (χ0n) is 47.4. The molecule has 6 atom stereocenters. The first-order valence-corrected chi connectivity index (χ1v) is 27.1. The number of nitrogens with one attached hydrogen (secondary N) is 2. The van der Waals surface area contributed by atoms with E-state index in [9.17, 15) is 33.6 Å². The molecule has 7 amide bonds. The molecular weight excluding hydrogens is 993 g/mol. The van der Waals surface area contributed by atoms with Gasteiger partial charge in [0.15, 0.2) is 0 Å². The monoisotopic (exact) mass is 1090 g/mol. The molecule has 1 fully saturated rings. The van der Waals surface area contributed by atoms with Gasteiger partial charge in [0, 0.05) is 66.5 Å². The van der Waals surface area contributed by atoms with Crippen LogP contribution in [0.2, 0.25) is 0 Å². The number of carbonyl (C=O) groups is 7. The van der Waals surface area contributed by atoms with E-state index in [1.165, 1.54) is 17.1 Å². The number of likely N-dealkylation sites (N-methyl/N-ethyl adjacent to an activating group) is 2. The Hall–Kier alpha value is -4.17. The van der Waals surface area contributed by atoms with Gasteiger partial charge in [-0.25, -0.2) is 0 Å². The van der Waals surface area contributed by atoms with Gasteiger partial charge < -0.3 is 72.7 Å². The van der Waals surface area contributed by atoms with Gasteiger partial charge in [-0.1, -0.05) is 48.0 Å². The minimum absolute atomic E-state index is 0.00507. The van der Waals surface area contributed by atoms with Crippen LogP contribution in [0.25, 0.3) is 0 Å². The van der Waals surface area contributed by atoms with Gasteiger partial charge in [-0.2, -0.15) is 0 Å². The first-order valence-electron chi connectivity index (χ1n) is 27.1. The Labute approximate surface area is 451 Å². The second-order valence-corrected chi connectivity index (χ2v) is 19.4. The standard InChI is InChI=1S/C53H94N6O17/c1-11-41(6)51(43(67-9)37-48(64)58-19-12-13-42(58)52(68-10)40(4)5)57(8)49(65)38-55-53(66)50(39(2)3)56(7)45(61)17-21-69-23-25-71-27-29-73-31-33-75-35-36-76-34-32-74-30-28-72-26-24-70-22-18-54-44(60)16-20-59-46(62)14-15-47(59)63/h14-15,39-43,50-52H,11-13,16-38H2,1-10H3,(H,54,60)(H,55,66). The first-order chi connectivity index (χ1) is 36.5. The van der Waals surface area contributed by atoms with Crippen LogP contribution in [0.1, 0.15) is 80.1 Å². The second kappa shape index (κ2) is 40.1. The molecule has 0 aromatic carbocycles. The summed E-state index contributed by atoms with van der Waals surface area (Å²) in [7, 11) is 6.51. The van der Waals surface area contributed by atoms with E-state index in [0.29, 0.717) is 106 Å². The molecule has 0 bridgehead atoms. The summed E-state index contributed by atoms with van der Waals surface area (Å²) in [6.45, 7) is 18.5. The Morgan fingerprint density at radius 2 is 1.12 bits per heavy atom. The van der Waals surface area contributed by atoms with Crippen molar-refractivity contribution in [1.82, 2.24) is 30.2 Å². The Balaban J connectivity index is 1.48. The highest BCUT2D eigenvalue weighted by Crippen LogP contribution is 2.29. The highest BCUT2D eigenvalue weighted by Gasteiger charge is 2.40. The van der Waals surface area contributed by atoms with Gasteiger partial charge in [0.1, 0.15) is 6.04 Å². The minimum atomic E-state index is -0.814. The molecule has 0 radical (unpaired) electrons. The molecule has 23 heteroatoms. The Kier molecular flexibility index (Phi) is 35.8. The van der Waals surface area contributed by atoms with Crippen LogP contribution < -0.4 is 10.6 Å². The molecule has 2 N–H and O–H groups in total. The molecular formula is C53H94N6O17. The fourth-order valence-electron chi connectivity index (χ4n) is 9.02. The molecule has 2 aliphatic heterocycles. The van der Waals surface area contributed by atoms with Crippen molar-refractivity contribution >= 4 is 41.4 Å². The summed E-state index contributed by atoms with van der Waals surface area (Å²) in [5, 5.41) is 5.44. The molecule has 2 rings (SSSR count). The highest BCUT2D eigenvalue weighted by atomic mass is 16.6. The van der Waals surface area contributed by atoms with E-state index in [1.807, 2.05) is 32.6 Å². The lowest BCUT2D eigenvalue weighted by Gasteiger charge is -2.39. The van der Waals surface area contributed by atoms with Gasteiger partial charge >= 0.3 is 0 Å². The first kappa shape index (κ1) is 67.9. The molecule has 0 aromatic rings. The van der Waals surface area contributed by atoms with Crippen molar-refractivity contribution in [2.24, 2.45) is 17.8 Å². The van der Waals surface area contributed by atoms with E-state index in [0.717, 1.165) is 24.2 Å². The Morgan fingerprint density at radius 1 is 0.632 bits per heavy atom. The van der Waals surface area contributed by atoms with Crippen molar-refractivity contribution in [1.29, 1.82) is 0 Å². The van der Waals surface area contributed by atoms with Crippen LogP contribution in [0.15, 0.2) is 12.2 Å². The van der Waals surface area contributed by atoms with Crippen molar-refractivity contribution in [3.8, 4) is 0 Å². The SMILES string of the molecule is CCC(C)C(C(CC(=O)N1CCCC1C(OC)C(C)C)OC)N(C)C(=O)CNC(=O)C(C(C)C)N(C)C(=O)CCOCCOCCOCCOCCOCCOCCOCCOCCNC(=O)CCN1C(=O)C=CC1=O. The molecule has 2 heterocycles. The van der Waals surface area contributed by atoms with Crippen LogP contribution in [0.5, 0.6) is 0 Å². The molecule has 438 valence electrons. The zero-order chi connectivity index (χ0) is 56.3. The maximum atomic E-state index is 13.8. The smallest absolute Gasteiger partial charge is 0.253 e. The van der Waals surface area contributed by atoms with Crippen molar-refractivity contribution in [2.75, 3.05) is 160 Å². The fraction of sp³-hybridized carbons (Fsp3) is 0.830. The summed E-state index contributed by atoms with van der Waals surface area (Å²) in [4.78, 5) is 95.0. The van der Waals surface area contributed by atoms with Crippen molar-refractivity contribution in [3.05, 3.63) is 12.2 Å². The van der Waals surface area contributed by atoms with E-state index in [1.54, 1.807) is 33.2 Å². The number of likely N-dealkylation sites (tertiary alicyclic amines) is 1. The molecule has 1 saturated heterocycles. The van der Waals surface area contributed by atoms with Crippen molar-refractivity contribution in [2.45, 2.75) is 110 Å². The quantitative estimate of drug-likeness (QED) is 0.0648. The van der Waals surface area contributed by atoms with Gasteiger partial charge in [-0.3, -0.25) is 38.5 Å². The third-order valence-electron chi connectivity index (χ3n) is 13.3. The lowest BCUT2D eigenvalue weighted by molar-refractivity contribution is -0.145. The summed E-state index contributed by atoms with van der Waals surface area (Å²) < 4.78 is 55.8. The van der Waals surface area contributed by atoms with Crippen LogP contribution in [0.4, 0.5) is 0 Å². The normalized spacial score (nSPS) is 16.6. The highest BCUT2D eigenvalue weighted by molar-refractivity contribution is 6.13. The van der Waals surface area contributed by atoms with E-state index < -0.39 is 35.9 Å². The van der Waals surface area contributed by atoms with Gasteiger partial charge in [0.2, 0.25) is 29.5 Å². The predicted octanol–water partition coefficient (Wildman–Crippen LogP) is 1.48. The average Bonchev–Trinajstić information content (AvgIpc) is 4.01. The molecule has 23 nitrogen and oxygen atoms in total. The number of carbonyl (C=O) groups excluding carboxylic acids is 7. The summed E-state index contributed by atoms with van der Waals surface area (Å²) in [6.07, 6.45) is 4.46. The van der Waals surface area contributed by atoms with Crippen LogP contribution in [-0.4, -0.2) is 251 Å². The summed E-state index contributed by atoms with van der Waals surface area (Å²) >= 11 is 0. The third-order valence-corrected chi connectivity index (χ3v) is 13.3. The lowest BCUT2D eigenvalue weighted by Crippen LogP contribution is -2.55. The average molecular weight is 1090 g/mol. The second-order valence-electron chi connectivity index (χ2n) is 19.4. The number of methoxy groups -OCH3 is 2. The molecule has 0 saturated carbocycles. The van der Waals surface area contributed by atoms with Gasteiger partial charge in [0.25, 0.3) is 11.8 Å². The van der Waals surface area contributed by atoms with Gasteiger partial charge in [0.05, 0.1) is 149 Å². The predicted molar refractivity (Wildman–Crippen MR) is 281 cm³/mol. The maximum absolute atomic E-state index is 13.8. The topological polar surface area (TPSA) is 249 Å². The number of ether oxygens (including phenoxy) is 10. The summed E-state index contributed by atoms with van der Waals surface area (Å²) in [5.41, 5.74) is 0. The Bertz CT molecular complexity index is 1710. The number of imide groups is 1. The van der Waals surface area contributed by atoms with E-state index in [2.05, 4.69) is 24.5 Å². The summed E-state index contributed by atoms with van der Waals surface area (Å²) in [6, 6.07) is -1.25. The summed E-state index contributed by atoms with van der Waals surface area (Å²) in [5.74, 6) is -2.15. The molecule has 0 spiro atoms. The van der Waals surface area contributed by atoms with Crippen molar-refractivity contribution in [3.63, 3.8) is 0 Å². The van der Waals surface area contributed by atoms with Crippen LogP contribution >= 0.6 is 0 Å². The molecule has 2 aliphatic rings. The van der Waals surface area contributed by atoms with Crippen LogP contribution in [-0.2, 0) is 80.9 Å². The minimum Gasteiger partial charge on any atom is -0.379 e. The maximum Gasteiger partial charge on any atom is 0.253 e. The molecule has 6 unspecified atom stereocenters. The van der Waals surface area contributed by atoms with Crippen LogP contribution in [0.3, 0.4) is 0 Å². The van der Waals surface area contributed by atoms with E-state index in [4.69, 9.17) is 47.4 Å². The lowest BCUT2D eigenvalue weighted by atomic mass is 9.90. The molecule has 76 heavy (non-hydrogen) atoms. The number of hydrogen-bond acceptors (Lipinski definition) is 17. The van der Waals surface area contributed by atoms with E-state index in [-0.39, 0.29) is 99.1 Å².